The van der Waals surface area contributed by atoms with E-state index in [0.717, 1.165) is 12.1 Å². The molecule has 10 heteroatoms. The van der Waals surface area contributed by atoms with Crippen LogP contribution in [-0.4, -0.2) is 48.4 Å². The van der Waals surface area contributed by atoms with Crippen molar-refractivity contribution in [1.29, 1.82) is 0 Å². The summed E-state index contributed by atoms with van der Waals surface area (Å²) < 4.78 is 46.9. The molecule has 1 fully saturated rings. The van der Waals surface area contributed by atoms with Crippen molar-refractivity contribution >= 4 is 17.8 Å². The van der Waals surface area contributed by atoms with Crippen molar-refractivity contribution in [3.05, 3.63) is 24.0 Å². The molecule has 0 spiro atoms. The minimum absolute atomic E-state index is 0.0740. The number of carbonyl (C=O) groups is 2. The van der Waals surface area contributed by atoms with E-state index < -0.39 is 35.9 Å². The zero-order valence-corrected chi connectivity index (χ0v) is 14.5. The van der Waals surface area contributed by atoms with E-state index in [-0.39, 0.29) is 24.8 Å². The summed E-state index contributed by atoms with van der Waals surface area (Å²) in [4.78, 5) is 25.1. The number of anilines is 1. The number of carbonyl (C=O) groups excluding carboxylic acids is 2. The van der Waals surface area contributed by atoms with Crippen molar-refractivity contribution in [2.75, 3.05) is 18.4 Å². The number of hydrogen-bond acceptors (Lipinski definition) is 4. The maximum absolute atomic E-state index is 13.6. The number of urea groups is 1. The molecule has 0 saturated carbocycles. The van der Waals surface area contributed by atoms with Gasteiger partial charge in [-0.15, -0.1) is 0 Å². The summed E-state index contributed by atoms with van der Waals surface area (Å²) in [5.41, 5.74) is -0.526. The monoisotopic (exact) mass is 375 g/mol. The Bertz CT molecular complexity index is 673. The number of halogens is 3. The number of rotatable bonds is 4. The minimum atomic E-state index is -3.14. The second-order valence-electron chi connectivity index (χ2n) is 6.70. The van der Waals surface area contributed by atoms with Crippen LogP contribution in [0, 0.1) is 5.82 Å². The van der Waals surface area contributed by atoms with Gasteiger partial charge in [0, 0.05) is 24.8 Å². The molecule has 26 heavy (non-hydrogen) atoms. The third kappa shape index (κ3) is 5.71. The lowest BCUT2D eigenvalue weighted by Crippen LogP contribution is -2.62. The van der Waals surface area contributed by atoms with Crippen LogP contribution in [-0.2, 0) is 4.74 Å². The fourth-order valence-corrected chi connectivity index (χ4v) is 2.17. The zero-order chi connectivity index (χ0) is 19.5. The molecule has 0 unspecified atom stereocenters. The van der Waals surface area contributed by atoms with Crippen molar-refractivity contribution in [3.63, 3.8) is 0 Å². The summed E-state index contributed by atoms with van der Waals surface area (Å²) in [5.74, 6) is -1.64. The molecule has 3 amide bonds. The second-order valence-corrected chi connectivity index (χ2v) is 6.70. The van der Waals surface area contributed by atoms with Crippen LogP contribution in [0.2, 0.25) is 0 Å². The number of amides is 3. The maximum Gasteiger partial charge on any atom is 0.410 e. The molecular formula is C16H20F3N3O4. The van der Waals surface area contributed by atoms with Gasteiger partial charge in [-0.3, -0.25) is 0 Å². The van der Waals surface area contributed by atoms with E-state index in [1.54, 1.807) is 20.8 Å². The highest BCUT2D eigenvalue weighted by Gasteiger charge is 2.34. The molecule has 1 saturated heterocycles. The molecule has 0 aromatic heterocycles. The largest absolute Gasteiger partial charge is 0.444 e. The Morgan fingerprint density at radius 2 is 1.92 bits per heavy atom. The van der Waals surface area contributed by atoms with E-state index in [1.807, 2.05) is 0 Å². The molecule has 0 aliphatic carbocycles. The van der Waals surface area contributed by atoms with Gasteiger partial charge in [0.2, 0.25) is 0 Å². The average molecular weight is 375 g/mol. The first kappa shape index (κ1) is 19.7. The number of hydrogen-bond donors (Lipinski definition) is 2. The standard InChI is InChI=1S/C16H20F3N3O4/c1-16(2,3)26-15(24)22-7-10(8-22)21-14(23)20-9-4-5-12(11(17)6-9)25-13(18)19/h4-6,10,13H,7-8H2,1-3H3,(H2,20,21,23). The highest BCUT2D eigenvalue weighted by molar-refractivity contribution is 5.89. The molecule has 0 radical (unpaired) electrons. The smallest absolute Gasteiger partial charge is 0.410 e. The molecular weight excluding hydrogens is 355 g/mol. The van der Waals surface area contributed by atoms with Crippen LogP contribution in [0.5, 0.6) is 5.75 Å². The Labute approximate surface area is 148 Å². The Morgan fingerprint density at radius 3 is 2.46 bits per heavy atom. The molecule has 1 aliphatic rings. The summed E-state index contributed by atoms with van der Waals surface area (Å²) in [6, 6.07) is 2.21. The van der Waals surface area contributed by atoms with Crippen LogP contribution < -0.4 is 15.4 Å². The van der Waals surface area contributed by atoms with Gasteiger partial charge in [-0.2, -0.15) is 8.78 Å². The first-order chi connectivity index (χ1) is 12.0. The Kier molecular flexibility index (Phi) is 5.83. The summed E-state index contributed by atoms with van der Waals surface area (Å²) in [7, 11) is 0. The van der Waals surface area contributed by atoms with E-state index in [0.29, 0.717) is 0 Å². The van der Waals surface area contributed by atoms with Crippen LogP contribution in [0.1, 0.15) is 20.8 Å². The minimum Gasteiger partial charge on any atom is -0.444 e. The van der Waals surface area contributed by atoms with Crippen molar-refractivity contribution in [2.24, 2.45) is 0 Å². The van der Waals surface area contributed by atoms with Gasteiger partial charge in [-0.05, 0) is 32.9 Å². The molecule has 1 aliphatic heterocycles. The molecule has 144 valence electrons. The SMILES string of the molecule is CC(C)(C)OC(=O)N1CC(NC(=O)Nc2ccc(OC(F)F)c(F)c2)C1. The summed E-state index contributed by atoms with van der Waals surface area (Å²) in [6.45, 7) is 2.70. The highest BCUT2D eigenvalue weighted by Crippen LogP contribution is 2.23. The van der Waals surface area contributed by atoms with E-state index in [2.05, 4.69) is 15.4 Å². The highest BCUT2D eigenvalue weighted by atomic mass is 19.3. The number of alkyl halides is 2. The lowest BCUT2D eigenvalue weighted by atomic mass is 10.1. The number of benzene rings is 1. The molecule has 1 heterocycles. The predicted molar refractivity (Wildman–Crippen MR) is 86.8 cm³/mol. The molecule has 0 bridgehead atoms. The van der Waals surface area contributed by atoms with Gasteiger partial charge >= 0.3 is 18.7 Å². The average Bonchev–Trinajstić information content (AvgIpc) is 2.43. The summed E-state index contributed by atoms with van der Waals surface area (Å²) in [5, 5.41) is 4.98. The number of likely N-dealkylation sites (tertiary alicyclic amines) is 1. The van der Waals surface area contributed by atoms with Crippen molar-refractivity contribution in [1.82, 2.24) is 10.2 Å². The van der Waals surface area contributed by atoms with Crippen LogP contribution in [0.25, 0.3) is 0 Å². The lowest BCUT2D eigenvalue weighted by Gasteiger charge is -2.39. The van der Waals surface area contributed by atoms with Gasteiger partial charge in [0.05, 0.1) is 6.04 Å². The first-order valence-electron chi connectivity index (χ1n) is 7.83. The van der Waals surface area contributed by atoms with Gasteiger partial charge < -0.3 is 25.0 Å². The van der Waals surface area contributed by atoms with Crippen molar-refractivity contribution < 1.29 is 32.2 Å². The van der Waals surface area contributed by atoms with E-state index in [4.69, 9.17) is 4.74 Å². The zero-order valence-electron chi connectivity index (χ0n) is 14.5. The van der Waals surface area contributed by atoms with Crippen molar-refractivity contribution in [2.45, 2.75) is 39.0 Å². The maximum atomic E-state index is 13.6. The van der Waals surface area contributed by atoms with E-state index in [1.165, 1.54) is 11.0 Å². The fraction of sp³-hybridized carbons (Fsp3) is 0.500. The first-order valence-corrected chi connectivity index (χ1v) is 7.83. The van der Waals surface area contributed by atoms with E-state index >= 15 is 0 Å². The quantitative estimate of drug-likeness (QED) is 0.847. The van der Waals surface area contributed by atoms with Gasteiger partial charge in [0.25, 0.3) is 0 Å². The molecule has 2 N–H and O–H groups in total. The fourth-order valence-electron chi connectivity index (χ4n) is 2.17. The van der Waals surface area contributed by atoms with Crippen LogP contribution >= 0.6 is 0 Å². The molecule has 0 atom stereocenters. The van der Waals surface area contributed by atoms with Gasteiger partial charge in [0.15, 0.2) is 11.6 Å². The van der Waals surface area contributed by atoms with Gasteiger partial charge in [0.1, 0.15) is 5.60 Å². The topological polar surface area (TPSA) is 79.9 Å². The van der Waals surface area contributed by atoms with Gasteiger partial charge in [-0.25, -0.2) is 14.0 Å². The third-order valence-corrected chi connectivity index (χ3v) is 3.27. The molecule has 7 nitrogen and oxygen atoms in total. The number of nitrogens with zero attached hydrogens (tertiary/aromatic N) is 1. The Morgan fingerprint density at radius 1 is 1.27 bits per heavy atom. The number of nitrogens with one attached hydrogen (secondary N) is 2. The molecule has 1 aromatic carbocycles. The normalized spacial score (nSPS) is 14.7. The number of ether oxygens (including phenoxy) is 2. The molecule has 2 rings (SSSR count). The van der Waals surface area contributed by atoms with Crippen LogP contribution in [0.4, 0.5) is 28.4 Å². The predicted octanol–water partition coefficient (Wildman–Crippen LogP) is 3.17. The third-order valence-electron chi connectivity index (χ3n) is 3.27. The van der Waals surface area contributed by atoms with Crippen LogP contribution in [0.3, 0.4) is 0 Å². The summed E-state index contributed by atoms with van der Waals surface area (Å²) >= 11 is 0. The van der Waals surface area contributed by atoms with Crippen molar-refractivity contribution in [3.8, 4) is 5.75 Å². The Balaban J connectivity index is 1.78. The summed E-state index contributed by atoms with van der Waals surface area (Å²) in [6.07, 6.45) is -0.465. The second kappa shape index (κ2) is 7.71. The Hall–Kier alpha value is -2.65. The molecule has 1 aromatic rings. The van der Waals surface area contributed by atoms with Gasteiger partial charge in [-0.1, -0.05) is 0 Å². The van der Waals surface area contributed by atoms with E-state index in [9.17, 15) is 22.8 Å². The lowest BCUT2D eigenvalue weighted by molar-refractivity contribution is -0.0521. The van der Waals surface area contributed by atoms with Crippen LogP contribution in [0.15, 0.2) is 18.2 Å².